The van der Waals surface area contributed by atoms with E-state index in [-0.39, 0.29) is 18.1 Å². The number of ether oxygens (including phenoxy) is 2. The molecule has 0 heterocycles. The van der Waals surface area contributed by atoms with Crippen molar-refractivity contribution in [2.24, 2.45) is 0 Å². The predicted molar refractivity (Wildman–Crippen MR) is 77.7 cm³/mol. The minimum absolute atomic E-state index is 0.0296. The summed E-state index contributed by atoms with van der Waals surface area (Å²) in [5, 5.41) is 3.17. The van der Waals surface area contributed by atoms with Gasteiger partial charge in [-0.15, -0.1) is 0 Å². The molecule has 1 unspecified atom stereocenters. The Morgan fingerprint density at radius 1 is 1.26 bits per heavy atom. The van der Waals surface area contributed by atoms with E-state index in [2.05, 4.69) is 21.2 Å². The van der Waals surface area contributed by atoms with Crippen molar-refractivity contribution >= 4 is 15.9 Å². The van der Waals surface area contributed by atoms with Crippen LogP contribution in [0, 0.1) is 5.82 Å². The molecular weight excluding hydrogens is 313 g/mol. The Bertz CT molecular complexity index is 384. The van der Waals surface area contributed by atoms with Crippen LogP contribution in [0.25, 0.3) is 0 Å². The van der Waals surface area contributed by atoms with Gasteiger partial charge in [0.05, 0.1) is 10.5 Å². The standard InChI is InChI=1S/C14H21BrFNO2/c1-4-18-14(19-5-2)12(17-3)9-10-7-6-8-11(16)13(10)15/h6-8,12,14,17H,4-5,9H2,1-3H3. The van der Waals surface area contributed by atoms with E-state index in [1.165, 1.54) is 6.07 Å². The first kappa shape index (κ1) is 16.6. The predicted octanol–water partition coefficient (Wildman–Crippen LogP) is 3.12. The van der Waals surface area contributed by atoms with Crippen molar-refractivity contribution in [3.05, 3.63) is 34.1 Å². The van der Waals surface area contributed by atoms with Crippen molar-refractivity contribution in [2.75, 3.05) is 20.3 Å². The molecule has 19 heavy (non-hydrogen) atoms. The second kappa shape index (κ2) is 8.64. The maximum Gasteiger partial charge on any atom is 0.172 e. The molecule has 1 aromatic rings. The van der Waals surface area contributed by atoms with Gasteiger partial charge in [0.15, 0.2) is 6.29 Å². The van der Waals surface area contributed by atoms with Crippen LogP contribution in [0.2, 0.25) is 0 Å². The number of likely N-dealkylation sites (N-methyl/N-ethyl adjacent to an activating group) is 1. The molecule has 0 saturated heterocycles. The summed E-state index contributed by atoms with van der Waals surface area (Å²) in [5.74, 6) is -0.253. The van der Waals surface area contributed by atoms with Crippen molar-refractivity contribution in [3.8, 4) is 0 Å². The smallest absolute Gasteiger partial charge is 0.172 e. The fraction of sp³-hybridized carbons (Fsp3) is 0.571. The van der Waals surface area contributed by atoms with Gasteiger partial charge < -0.3 is 14.8 Å². The normalized spacial score (nSPS) is 12.9. The molecule has 0 aliphatic heterocycles. The van der Waals surface area contributed by atoms with Crippen LogP contribution in [-0.2, 0) is 15.9 Å². The molecule has 0 aliphatic carbocycles. The van der Waals surface area contributed by atoms with E-state index in [0.29, 0.717) is 24.1 Å². The number of halogens is 2. The lowest BCUT2D eigenvalue weighted by atomic mass is 10.1. The lowest BCUT2D eigenvalue weighted by Crippen LogP contribution is -2.43. The van der Waals surface area contributed by atoms with Gasteiger partial charge in [-0.1, -0.05) is 12.1 Å². The third-order valence-electron chi connectivity index (χ3n) is 2.83. The highest BCUT2D eigenvalue weighted by molar-refractivity contribution is 9.10. The Morgan fingerprint density at radius 2 is 1.89 bits per heavy atom. The Morgan fingerprint density at radius 3 is 2.42 bits per heavy atom. The van der Waals surface area contributed by atoms with Crippen molar-refractivity contribution in [2.45, 2.75) is 32.6 Å². The van der Waals surface area contributed by atoms with Gasteiger partial charge in [-0.05, 0) is 54.9 Å². The summed E-state index contributed by atoms with van der Waals surface area (Å²) < 4.78 is 25.2. The quantitative estimate of drug-likeness (QED) is 0.741. The Kier molecular flexibility index (Phi) is 7.53. The van der Waals surface area contributed by atoms with Gasteiger partial charge in [0, 0.05) is 13.2 Å². The number of hydrogen-bond donors (Lipinski definition) is 1. The molecule has 108 valence electrons. The van der Waals surface area contributed by atoms with Crippen LogP contribution in [0.1, 0.15) is 19.4 Å². The summed E-state index contributed by atoms with van der Waals surface area (Å²) in [5.41, 5.74) is 0.892. The first-order valence-corrected chi connectivity index (χ1v) is 7.26. The van der Waals surface area contributed by atoms with E-state index < -0.39 is 0 Å². The van der Waals surface area contributed by atoms with E-state index in [1.54, 1.807) is 6.07 Å². The lowest BCUT2D eigenvalue weighted by Gasteiger charge is -2.26. The summed E-state index contributed by atoms with van der Waals surface area (Å²) in [6.45, 7) is 5.01. The number of hydrogen-bond acceptors (Lipinski definition) is 3. The largest absolute Gasteiger partial charge is 0.351 e. The molecule has 0 bridgehead atoms. The van der Waals surface area contributed by atoms with Crippen LogP contribution in [0.15, 0.2) is 22.7 Å². The van der Waals surface area contributed by atoms with Crippen LogP contribution < -0.4 is 5.32 Å². The van der Waals surface area contributed by atoms with Gasteiger partial charge in [-0.25, -0.2) is 4.39 Å². The first-order chi connectivity index (χ1) is 9.13. The van der Waals surface area contributed by atoms with Crippen LogP contribution in [0.4, 0.5) is 4.39 Å². The van der Waals surface area contributed by atoms with E-state index in [9.17, 15) is 4.39 Å². The van der Waals surface area contributed by atoms with E-state index in [1.807, 2.05) is 27.0 Å². The second-order valence-corrected chi connectivity index (χ2v) is 4.88. The molecule has 0 radical (unpaired) electrons. The van der Waals surface area contributed by atoms with Gasteiger partial charge in [-0.3, -0.25) is 0 Å². The highest BCUT2D eigenvalue weighted by Crippen LogP contribution is 2.22. The molecule has 1 N–H and O–H groups in total. The summed E-state index contributed by atoms with van der Waals surface area (Å²) in [7, 11) is 1.85. The van der Waals surface area contributed by atoms with Crippen LogP contribution >= 0.6 is 15.9 Å². The third kappa shape index (κ3) is 4.84. The summed E-state index contributed by atoms with van der Waals surface area (Å²) >= 11 is 3.28. The first-order valence-electron chi connectivity index (χ1n) is 6.47. The number of benzene rings is 1. The molecule has 1 rings (SSSR count). The molecule has 1 aromatic carbocycles. The maximum absolute atomic E-state index is 13.5. The van der Waals surface area contributed by atoms with Crippen molar-refractivity contribution < 1.29 is 13.9 Å². The summed E-state index contributed by atoms with van der Waals surface area (Å²) in [4.78, 5) is 0. The van der Waals surface area contributed by atoms with Crippen molar-refractivity contribution in [1.29, 1.82) is 0 Å². The molecule has 0 saturated carbocycles. The fourth-order valence-electron chi connectivity index (χ4n) is 1.89. The van der Waals surface area contributed by atoms with E-state index >= 15 is 0 Å². The zero-order valence-corrected chi connectivity index (χ0v) is 13.2. The van der Waals surface area contributed by atoms with Crippen LogP contribution in [-0.4, -0.2) is 32.6 Å². The van der Waals surface area contributed by atoms with Gasteiger partial charge >= 0.3 is 0 Å². The average Bonchev–Trinajstić information content (AvgIpc) is 2.40. The minimum atomic E-state index is -0.338. The molecule has 0 amide bonds. The van der Waals surface area contributed by atoms with Crippen molar-refractivity contribution in [3.63, 3.8) is 0 Å². The van der Waals surface area contributed by atoms with Crippen LogP contribution in [0.5, 0.6) is 0 Å². The SMILES string of the molecule is CCOC(OCC)C(Cc1cccc(F)c1Br)NC. The number of rotatable bonds is 8. The molecular formula is C14H21BrFNO2. The molecule has 0 fully saturated rings. The molecule has 3 nitrogen and oxygen atoms in total. The molecule has 0 aromatic heterocycles. The van der Waals surface area contributed by atoms with E-state index in [4.69, 9.17) is 9.47 Å². The topological polar surface area (TPSA) is 30.5 Å². The zero-order valence-electron chi connectivity index (χ0n) is 11.6. The highest BCUT2D eigenvalue weighted by atomic mass is 79.9. The van der Waals surface area contributed by atoms with Gasteiger partial charge in [0.2, 0.25) is 0 Å². The minimum Gasteiger partial charge on any atom is -0.351 e. The molecule has 5 heteroatoms. The molecule has 0 aliphatic rings. The fourth-order valence-corrected chi connectivity index (χ4v) is 2.31. The highest BCUT2D eigenvalue weighted by Gasteiger charge is 2.22. The Hall–Kier alpha value is -0.490. The lowest BCUT2D eigenvalue weighted by molar-refractivity contribution is -0.152. The number of nitrogens with one attached hydrogen (secondary N) is 1. The summed E-state index contributed by atoms with van der Waals surface area (Å²) in [6, 6.07) is 5.01. The Balaban J connectivity index is 2.82. The maximum atomic E-state index is 13.5. The average molecular weight is 334 g/mol. The van der Waals surface area contributed by atoms with Gasteiger partial charge in [-0.2, -0.15) is 0 Å². The van der Waals surface area contributed by atoms with Gasteiger partial charge in [0.25, 0.3) is 0 Å². The van der Waals surface area contributed by atoms with Gasteiger partial charge in [0.1, 0.15) is 5.82 Å². The van der Waals surface area contributed by atoms with Crippen LogP contribution in [0.3, 0.4) is 0 Å². The molecule has 1 atom stereocenters. The zero-order chi connectivity index (χ0) is 14.3. The monoisotopic (exact) mass is 333 g/mol. The second-order valence-electron chi connectivity index (χ2n) is 4.09. The van der Waals surface area contributed by atoms with E-state index in [0.717, 1.165) is 5.56 Å². The third-order valence-corrected chi connectivity index (χ3v) is 3.72. The summed E-state index contributed by atoms with van der Waals surface area (Å²) in [6.07, 6.45) is 0.287. The Labute approximate surface area is 122 Å². The van der Waals surface area contributed by atoms with Crippen molar-refractivity contribution in [1.82, 2.24) is 5.32 Å². The molecule has 0 spiro atoms.